The Bertz CT molecular complexity index is 694. The number of nitrogens with zero attached hydrogens (tertiary/aromatic N) is 1. The number of hydrogen-bond donors (Lipinski definition) is 5. The van der Waals surface area contributed by atoms with Crippen molar-refractivity contribution in [3.05, 3.63) is 0 Å². The molecule has 0 radical (unpaired) electrons. The van der Waals surface area contributed by atoms with Crippen molar-refractivity contribution in [2.24, 2.45) is 5.73 Å². The van der Waals surface area contributed by atoms with Crippen LogP contribution in [0.15, 0.2) is 0 Å². The molecule has 0 aliphatic rings. The van der Waals surface area contributed by atoms with E-state index >= 15 is 0 Å². The number of nitrogens with one attached hydrogen (secondary N) is 2. The smallest absolute Gasteiger partial charge is 0.370 e. The number of hydrogen-bond acceptors (Lipinski definition) is 5. The van der Waals surface area contributed by atoms with Gasteiger partial charge >= 0.3 is 13.8 Å². The second-order valence-electron chi connectivity index (χ2n) is 12.7. The molecule has 0 unspecified atom stereocenters. The van der Waals surface area contributed by atoms with Crippen LogP contribution >= 0.6 is 7.82 Å². The number of carbonyl (C=O) groups excluding carboxylic acids is 1. The molecule has 0 spiro atoms. The maximum Gasteiger partial charge on any atom is 0.527 e. The van der Waals surface area contributed by atoms with E-state index in [1.807, 2.05) is 0 Å². The molecule has 9 nitrogen and oxygen atoms in total. The van der Waals surface area contributed by atoms with Crippen LogP contribution in [-0.4, -0.2) is 52.3 Å². The summed E-state index contributed by atoms with van der Waals surface area (Å²) in [5.74, 6) is -0.997. The van der Waals surface area contributed by atoms with Crippen LogP contribution in [0, 0.1) is 5.41 Å². The van der Waals surface area contributed by atoms with Gasteiger partial charge in [0.2, 0.25) is 0 Å². The first-order chi connectivity index (χ1) is 21.2. The minimum absolute atomic E-state index is 0.135. The quantitative estimate of drug-likeness (QED) is 0.0205. The van der Waals surface area contributed by atoms with E-state index in [4.69, 9.17) is 11.1 Å². The summed E-state index contributed by atoms with van der Waals surface area (Å²) in [4.78, 5) is 33.7. The molecule has 0 saturated heterocycles. The molecule has 0 bridgehead atoms. The first-order valence-electron chi connectivity index (χ1n) is 18.3. The van der Waals surface area contributed by atoms with Crippen LogP contribution in [0.2, 0.25) is 0 Å². The lowest BCUT2D eigenvalue weighted by Gasteiger charge is -2.30. The van der Waals surface area contributed by atoms with Gasteiger partial charge in [-0.05, 0) is 38.8 Å². The maximum absolute atomic E-state index is 12.9. The van der Waals surface area contributed by atoms with E-state index in [0.717, 1.165) is 25.7 Å². The van der Waals surface area contributed by atoms with Crippen molar-refractivity contribution >= 4 is 19.8 Å². The van der Waals surface area contributed by atoms with Gasteiger partial charge in [0.1, 0.15) is 6.04 Å². The zero-order valence-corrected chi connectivity index (χ0v) is 29.6. The van der Waals surface area contributed by atoms with Crippen LogP contribution < -0.4 is 11.1 Å². The number of nitrogens with two attached hydrogens (primary N) is 1. The van der Waals surface area contributed by atoms with Crippen molar-refractivity contribution in [3.63, 3.8) is 0 Å². The van der Waals surface area contributed by atoms with Gasteiger partial charge in [0.05, 0.1) is 0 Å². The lowest BCUT2D eigenvalue weighted by Crippen LogP contribution is -2.43. The molecular weight excluding hydrogens is 575 g/mol. The van der Waals surface area contributed by atoms with E-state index in [0.29, 0.717) is 32.5 Å². The Kier molecular flexibility index (Phi) is 29.7. The van der Waals surface area contributed by atoms with Crippen LogP contribution in [0.3, 0.4) is 0 Å². The van der Waals surface area contributed by atoms with Gasteiger partial charge in [0, 0.05) is 6.54 Å². The Morgan fingerprint density at radius 2 is 1.02 bits per heavy atom. The number of phosphoric acid groups is 1. The maximum atomic E-state index is 12.9. The SMILES string of the molecule is CCCCCCCCCCCCCCN(CCCCCCCCCCCCCC)[C@@H](CCCNC(=N)N)C(=O)OP(=O)(O)O. The van der Waals surface area contributed by atoms with Gasteiger partial charge in [-0.25, -0.2) is 9.36 Å². The van der Waals surface area contributed by atoms with Crippen molar-refractivity contribution in [1.82, 2.24) is 10.2 Å². The standard InChI is InChI=1S/C34H71N4O5P/c1-3-5-7-9-11-13-15-17-19-21-23-25-30-38(31-26-24-22-20-18-16-14-12-10-8-6-4-2)32(28-27-29-37-34(35)36)33(39)43-44(40,41)42/h32H,3-31H2,1-2H3,(H4,35,36,37)(H2,40,41,42)/t32-/m0/s1. The van der Waals surface area contributed by atoms with Crippen LogP contribution in [-0.2, 0) is 13.9 Å². The van der Waals surface area contributed by atoms with Crippen LogP contribution in [0.1, 0.15) is 181 Å². The zero-order chi connectivity index (χ0) is 32.7. The highest BCUT2D eigenvalue weighted by Crippen LogP contribution is 2.37. The normalized spacial score (nSPS) is 12.5. The predicted octanol–water partition coefficient (Wildman–Crippen LogP) is 8.96. The van der Waals surface area contributed by atoms with Crippen molar-refractivity contribution in [2.45, 2.75) is 187 Å². The van der Waals surface area contributed by atoms with Gasteiger partial charge in [-0.1, -0.05) is 155 Å². The molecule has 0 fully saturated rings. The topological polar surface area (TPSA) is 149 Å². The highest BCUT2D eigenvalue weighted by atomic mass is 31.2. The lowest BCUT2D eigenvalue weighted by molar-refractivity contribution is -0.142. The number of phosphoric ester groups is 1. The fourth-order valence-corrected chi connectivity index (χ4v) is 6.24. The fourth-order valence-electron chi connectivity index (χ4n) is 5.88. The van der Waals surface area contributed by atoms with Gasteiger partial charge in [0.25, 0.3) is 0 Å². The lowest BCUT2D eigenvalue weighted by atomic mass is 10.0. The molecule has 0 aromatic rings. The molecule has 6 N–H and O–H groups in total. The van der Waals surface area contributed by atoms with Gasteiger partial charge in [0.15, 0.2) is 5.96 Å². The molecule has 0 heterocycles. The van der Waals surface area contributed by atoms with E-state index < -0.39 is 19.8 Å². The minimum atomic E-state index is -4.93. The molecule has 0 aliphatic heterocycles. The molecule has 10 heteroatoms. The van der Waals surface area contributed by atoms with E-state index in [-0.39, 0.29) is 5.96 Å². The van der Waals surface area contributed by atoms with Crippen LogP contribution in [0.25, 0.3) is 0 Å². The second-order valence-corrected chi connectivity index (χ2v) is 13.9. The van der Waals surface area contributed by atoms with E-state index in [1.165, 1.54) is 128 Å². The van der Waals surface area contributed by atoms with E-state index in [9.17, 15) is 19.1 Å². The average molecular weight is 647 g/mol. The fraction of sp³-hybridized carbons (Fsp3) is 0.941. The number of unbranched alkanes of at least 4 members (excludes halogenated alkanes) is 22. The van der Waals surface area contributed by atoms with Crippen molar-refractivity contribution in [3.8, 4) is 0 Å². The third-order valence-electron chi connectivity index (χ3n) is 8.49. The van der Waals surface area contributed by atoms with Crippen LogP contribution in [0.5, 0.6) is 0 Å². The predicted molar refractivity (Wildman–Crippen MR) is 185 cm³/mol. The van der Waals surface area contributed by atoms with Gasteiger partial charge in [-0.3, -0.25) is 20.1 Å². The summed E-state index contributed by atoms with van der Waals surface area (Å²) in [7, 11) is -4.93. The molecule has 44 heavy (non-hydrogen) atoms. The summed E-state index contributed by atoms with van der Waals surface area (Å²) in [5, 5.41) is 10.1. The molecule has 0 aliphatic carbocycles. The van der Waals surface area contributed by atoms with Crippen molar-refractivity contribution < 1.29 is 23.7 Å². The second kappa shape index (κ2) is 30.5. The largest absolute Gasteiger partial charge is 0.527 e. The third-order valence-corrected chi connectivity index (χ3v) is 8.91. The Morgan fingerprint density at radius 1 is 0.682 bits per heavy atom. The number of guanidine groups is 1. The monoisotopic (exact) mass is 647 g/mol. The number of rotatable bonds is 33. The van der Waals surface area contributed by atoms with E-state index in [2.05, 4.69) is 28.6 Å². The van der Waals surface area contributed by atoms with Crippen molar-refractivity contribution in [1.29, 1.82) is 5.41 Å². The Hall–Kier alpha value is -1.15. The van der Waals surface area contributed by atoms with Gasteiger partial charge < -0.3 is 15.6 Å². The highest BCUT2D eigenvalue weighted by Gasteiger charge is 2.31. The first kappa shape index (κ1) is 42.9. The number of carbonyl (C=O) groups is 1. The Balaban J connectivity index is 4.72. The first-order valence-corrected chi connectivity index (χ1v) is 19.8. The molecule has 0 rings (SSSR count). The van der Waals surface area contributed by atoms with Gasteiger partial charge in [-0.2, -0.15) is 0 Å². The summed E-state index contributed by atoms with van der Waals surface area (Å²) in [6.45, 7) is 6.33. The van der Waals surface area contributed by atoms with E-state index in [1.54, 1.807) is 0 Å². The summed E-state index contributed by atoms with van der Waals surface area (Å²) in [6.07, 6.45) is 31.0. The molecule has 262 valence electrons. The highest BCUT2D eigenvalue weighted by molar-refractivity contribution is 7.46. The minimum Gasteiger partial charge on any atom is -0.370 e. The molecule has 0 aromatic heterocycles. The molecule has 0 aromatic carbocycles. The Labute approximate surface area is 271 Å². The summed E-state index contributed by atoms with van der Waals surface area (Å²) in [6, 6.07) is -0.725. The summed E-state index contributed by atoms with van der Waals surface area (Å²) in [5.41, 5.74) is 5.39. The molecule has 1 atom stereocenters. The molecule has 0 saturated carbocycles. The average Bonchev–Trinajstić information content (AvgIpc) is 2.96. The molecule has 0 amide bonds. The van der Waals surface area contributed by atoms with Crippen LogP contribution in [0.4, 0.5) is 0 Å². The van der Waals surface area contributed by atoms with Crippen molar-refractivity contribution in [2.75, 3.05) is 19.6 Å². The zero-order valence-electron chi connectivity index (χ0n) is 28.7. The van der Waals surface area contributed by atoms with Gasteiger partial charge in [-0.15, -0.1) is 0 Å². The molecular formula is C34H71N4O5P. The summed E-state index contributed by atoms with van der Waals surface area (Å²) >= 11 is 0. The third kappa shape index (κ3) is 29.6. The Morgan fingerprint density at radius 3 is 1.34 bits per heavy atom. The summed E-state index contributed by atoms with van der Waals surface area (Å²) < 4.78 is 16.1.